The first-order valence-electron chi connectivity index (χ1n) is 11.4. The van der Waals surface area contributed by atoms with Gasteiger partial charge in [0.05, 0.1) is 31.9 Å². The molecule has 194 valence electrons. The molecular weight excluding hydrogens is 490 g/mol. The third kappa shape index (κ3) is 5.21. The summed E-state index contributed by atoms with van der Waals surface area (Å²) < 4.78 is 12.6. The van der Waals surface area contributed by atoms with Crippen LogP contribution in [0.5, 0.6) is 11.5 Å². The Balaban J connectivity index is 1.80. The van der Waals surface area contributed by atoms with E-state index in [0.29, 0.717) is 40.1 Å². The fourth-order valence-corrected chi connectivity index (χ4v) is 4.06. The van der Waals surface area contributed by atoms with Gasteiger partial charge in [0.15, 0.2) is 11.5 Å². The average molecular weight is 516 g/mol. The molecule has 11 heteroatoms. The number of anilines is 2. The molecule has 4 aromatic rings. The number of methoxy groups -OCH3 is 2. The van der Waals surface area contributed by atoms with Crippen molar-refractivity contribution in [3.8, 4) is 23.3 Å². The van der Waals surface area contributed by atoms with Crippen molar-refractivity contribution in [3.63, 3.8) is 0 Å². The second kappa shape index (κ2) is 10.9. The van der Waals surface area contributed by atoms with Gasteiger partial charge in [0.25, 0.3) is 0 Å². The molecule has 0 aliphatic rings. The van der Waals surface area contributed by atoms with Crippen molar-refractivity contribution in [2.24, 2.45) is 0 Å². The Morgan fingerprint density at radius 2 is 1.92 bits per heavy atom. The molecule has 6 N–H and O–H groups in total. The molecule has 0 aliphatic heterocycles. The van der Waals surface area contributed by atoms with Gasteiger partial charge in [-0.2, -0.15) is 4.98 Å². The van der Waals surface area contributed by atoms with Crippen molar-refractivity contribution in [2.45, 2.75) is 13.0 Å². The fraction of sp³-hybridized carbons (Fsp3) is 0.185. The van der Waals surface area contributed by atoms with E-state index in [1.807, 2.05) is 12.1 Å². The minimum Gasteiger partial charge on any atom is -0.493 e. The number of fused-ring (bicyclic) bond motifs is 1. The van der Waals surface area contributed by atoms with Gasteiger partial charge < -0.3 is 35.7 Å². The molecular formula is C27H25N5O6. The molecule has 0 bridgehead atoms. The van der Waals surface area contributed by atoms with E-state index in [1.165, 1.54) is 31.0 Å². The van der Waals surface area contributed by atoms with Gasteiger partial charge in [0, 0.05) is 41.9 Å². The molecule has 0 aliphatic carbocycles. The van der Waals surface area contributed by atoms with E-state index >= 15 is 0 Å². The molecule has 38 heavy (non-hydrogen) atoms. The number of nitrogen functional groups attached to an aromatic ring is 2. The zero-order chi connectivity index (χ0) is 27.4. The number of ether oxygens (including phenoxy) is 2. The monoisotopic (exact) mass is 515 g/mol. The lowest BCUT2D eigenvalue weighted by molar-refractivity contribution is 0.0694. The van der Waals surface area contributed by atoms with Gasteiger partial charge in [0.1, 0.15) is 11.4 Å². The highest BCUT2D eigenvalue weighted by Gasteiger charge is 2.16. The third-order valence-electron chi connectivity index (χ3n) is 5.84. The molecule has 0 saturated carbocycles. The van der Waals surface area contributed by atoms with E-state index in [0.717, 1.165) is 5.56 Å². The zero-order valence-corrected chi connectivity index (χ0v) is 20.7. The predicted octanol–water partition coefficient (Wildman–Crippen LogP) is 1.65. The highest BCUT2D eigenvalue weighted by Crippen LogP contribution is 2.33. The third-order valence-corrected chi connectivity index (χ3v) is 5.84. The van der Waals surface area contributed by atoms with Crippen LogP contribution in [0.4, 0.5) is 11.8 Å². The van der Waals surface area contributed by atoms with Crippen LogP contribution in [-0.4, -0.2) is 51.5 Å². The Kier molecular flexibility index (Phi) is 7.45. The van der Waals surface area contributed by atoms with Gasteiger partial charge in [-0.05, 0) is 35.9 Å². The van der Waals surface area contributed by atoms with E-state index in [1.54, 1.807) is 18.3 Å². The zero-order valence-electron chi connectivity index (χ0n) is 20.7. The van der Waals surface area contributed by atoms with Crippen LogP contribution in [0.25, 0.3) is 10.9 Å². The van der Waals surface area contributed by atoms with Gasteiger partial charge >= 0.3 is 5.97 Å². The number of carboxylic acids is 1. The maximum absolute atomic E-state index is 12.7. The van der Waals surface area contributed by atoms with Crippen molar-refractivity contribution in [2.75, 3.05) is 32.3 Å². The van der Waals surface area contributed by atoms with Gasteiger partial charge in [-0.25, -0.2) is 9.78 Å². The number of carboxylic acid groups (broad SMARTS) is 1. The number of hydrogen-bond donors (Lipinski definition) is 4. The van der Waals surface area contributed by atoms with Crippen LogP contribution in [-0.2, 0) is 13.0 Å². The highest BCUT2D eigenvalue weighted by molar-refractivity contribution is 5.92. The Hall–Kier alpha value is -5.08. The molecule has 0 amide bonds. The van der Waals surface area contributed by atoms with E-state index < -0.39 is 11.4 Å². The van der Waals surface area contributed by atoms with Gasteiger partial charge in [-0.3, -0.25) is 4.79 Å². The minimum atomic E-state index is -1.33. The van der Waals surface area contributed by atoms with Crippen LogP contribution >= 0.6 is 0 Å². The maximum atomic E-state index is 12.7. The van der Waals surface area contributed by atoms with Crippen LogP contribution in [0.1, 0.15) is 32.6 Å². The van der Waals surface area contributed by atoms with E-state index in [9.17, 15) is 19.8 Å². The lowest BCUT2D eigenvalue weighted by atomic mass is 10.0. The summed E-state index contributed by atoms with van der Waals surface area (Å²) in [6, 6.07) is 8.48. The lowest BCUT2D eigenvalue weighted by Crippen LogP contribution is -2.19. The molecule has 11 nitrogen and oxygen atoms in total. The van der Waals surface area contributed by atoms with E-state index in [2.05, 4.69) is 21.8 Å². The molecule has 4 rings (SSSR count). The number of nitrogens with zero attached hydrogens (tertiary/aromatic N) is 3. The predicted molar refractivity (Wildman–Crippen MR) is 141 cm³/mol. The molecule has 2 aromatic heterocycles. The number of rotatable bonds is 7. The molecule has 0 fully saturated rings. The van der Waals surface area contributed by atoms with Crippen molar-refractivity contribution in [1.82, 2.24) is 14.5 Å². The molecule has 0 atom stereocenters. The van der Waals surface area contributed by atoms with Crippen molar-refractivity contribution >= 4 is 28.6 Å². The number of aromatic carboxylic acids is 1. The maximum Gasteiger partial charge on any atom is 0.341 e. The molecule has 0 spiro atoms. The first-order valence-corrected chi connectivity index (χ1v) is 11.4. The van der Waals surface area contributed by atoms with Gasteiger partial charge in [-0.1, -0.05) is 11.8 Å². The SMILES string of the molecule is COc1cc(Cc2cnc(N)nc2N)cc(C#Cc2ccc3c(=O)c(C(=O)O)cn(CCO)c3c2)c1OC. The van der Waals surface area contributed by atoms with Crippen molar-refractivity contribution < 1.29 is 24.5 Å². The van der Waals surface area contributed by atoms with Crippen LogP contribution in [0, 0.1) is 11.8 Å². The summed E-state index contributed by atoms with van der Waals surface area (Å²) in [5.41, 5.74) is 13.7. The molecule has 2 heterocycles. The summed E-state index contributed by atoms with van der Waals surface area (Å²) in [4.78, 5) is 32.2. The van der Waals surface area contributed by atoms with E-state index in [-0.39, 0.29) is 35.9 Å². The summed E-state index contributed by atoms with van der Waals surface area (Å²) in [6.45, 7) is -0.126. The van der Waals surface area contributed by atoms with Crippen LogP contribution in [0.2, 0.25) is 0 Å². The molecule has 0 unspecified atom stereocenters. The largest absolute Gasteiger partial charge is 0.493 e. The van der Waals surface area contributed by atoms with Crippen LogP contribution in [0.3, 0.4) is 0 Å². The number of aliphatic hydroxyl groups is 1. The second-order valence-electron chi connectivity index (χ2n) is 8.27. The molecule has 2 aromatic carbocycles. The average Bonchev–Trinajstić information content (AvgIpc) is 2.90. The van der Waals surface area contributed by atoms with Crippen LogP contribution < -0.4 is 26.4 Å². The minimum absolute atomic E-state index is 0.0871. The molecule has 0 saturated heterocycles. The fourth-order valence-electron chi connectivity index (χ4n) is 4.06. The Labute approximate surface area is 217 Å². The van der Waals surface area contributed by atoms with E-state index in [4.69, 9.17) is 20.9 Å². The smallest absolute Gasteiger partial charge is 0.341 e. The number of carbonyl (C=O) groups is 1. The Morgan fingerprint density at radius 1 is 1.13 bits per heavy atom. The quantitative estimate of drug-likeness (QED) is 0.265. The molecule has 0 radical (unpaired) electrons. The first kappa shape index (κ1) is 26.0. The number of hydrogen-bond acceptors (Lipinski definition) is 9. The summed E-state index contributed by atoms with van der Waals surface area (Å²) >= 11 is 0. The summed E-state index contributed by atoms with van der Waals surface area (Å²) in [5.74, 6) is 6.11. The number of aliphatic hydroxyl groups excluding tert-OH is 1. The lowest BCUT2D eigenvalue weighted by Gasteiger charge is -2.13. The number of pyridine rings is 1. The van der Waals surface area contributed by atoms with Crippen molar-refractivity contribution in [3.05, 3.63) is 80.8 Å². The standard InChI is InChI=1S/C27H25N5O6/c1-37-22-12-16(10-18-13-30-27(29)31-25(18)28)9-17(24(22)38-2)5-3-15-4-6-19-21(11-15)32(7-8-33)14-20(23(19)34)26(35)36/h4,6,9,11-14,33H,7-8,10H2,1-2H3,(H,35,36)(H4,28,29,30,31). The highest BCUT2D eigenvalue weighted by atomic mass is 16.5. The number of benzene rings is 2. The van der Waals surface area contributed by atoms with Crippen molar-refractivity contribution in [1.29, 1.82) is 0 Å². The Morgan fingerprint density at radius 3 is 2.58 bits per heavy atom. The first-order chi connectivity index (χ1) is 18.2. The number of aromatic nitrogens is 3. The summed E-state index contributed by atoms with van der Waals surface area (Å²) in [6.07, 6.45) is 3.19. The Bertz CT molecular complexity index is 1670. The summed E-state index contributed by atoms with van der Waals surface area (Å²) in [5, 5.41) is 19.0. The summed E-state index contributed by atoms with van der Waals surface area (Å²) in [7, 11) is 3.03. The van der Waals surface area contributed by atoms with Crippen LogP contribution in [0.15, 0.2) is 47.5 Å². The number of nitrogens with two attached hydrogens (primary N) is 2. The van der Waals surface area contributed by atoms with Gasteiger partial charge in [-0.15, -0.1) is 0 Å². The normalized spacial score (nSPS) is 10.6. The topological polar surface area (TPSA) is 176 Å². The van der Waals surface area contributed by atoms with Gasteiger partial charge in [0.2, 0.25) is 11.4 Å². The second-order valence-corrected chi connectivity index (χ2v) is 8.27.